The molecule has 0 aliphatic rings. The smallest absolute Gasteiger partial charge is 0.137 e. The van der Waals surface area contributed by atoms with E-state index < -0.39 is 17.4 Å². The Morgan fingerprint density at radius 1 is 0.938 bits per heavy atom. The van der Waals surface area contributed by atoms with Gasteiger partial charge in [0.1, 0.15) is 17.9 Å². The van der Waals surface area contributed by atoms with Gasteiger partial charge in [0.05, 0.1) is 6.04 Å². The molecule has 0 aromatic heterocycles. The van der Waals surface area contributed by atoms with Crippen LogP contribution >= 0.6 is 0 Å². The lowest BCUT2D eigenvalue weighted by Crippen LogP contribution is -2.45. The van der Waals surface area contributed by atoms with Crippen LogP contribution in [0, 0.1) is 5.82 Å². The number of Topliss-reactive ketones (excluding diaryl/α,β-unsaturated/α-hetero) is 1. The molecule has 32 heavy (non-hydrogen) atoms. The van der Waals surface area contributed by atoms with Crippen molar-refractivity contribution in [1.82, 2.24) is 0 Å². The van der Waals surface area contributed by atoms with Gasteiger partial charge in [-0.15, -0.1) is 0 Å². The minimum atomic E-state index is -0.817. The number of rotatable bonds is 11. The van der Waals surface area contributed by atoms with E-state index in [2.05, 4.69) is 0 Å². The van der Waals surface area contributed by atoms with Crippen molar-refractivity contribution in [3.05, 3.63) is 107 Å². The fourth-order valence-corrected chi connectivity index (χ4v) is 4.77. The molecular formula is C28H30FNO2. The Kier molecular flexibility index (Phi) is 8.07. The van der Waals surface area contributed by atoms with Crippen LogP contribution in [-0.4, -0.2) is 18.1 Å². The molecule has 3 aromatic carbocycles. The highest BCUT2D eigenvalue weighted by Gasteiger charge is 2.45. The van der Waals surface area contributed by atoms with E-state index >= 15 is 0 Å². The number of carbonyl (C=O) groups is 2. The largest absolute Gasteiger partial charge is 0.321 e. The van der Waals surface area contributed by atoms with E-state index in [0.717, 1.165) is 23.0 Å². The molecule has 4 heteroatoms. The Hall–Kier alpha value is -3.11. The van der Waals surface area contributed by atoms with E-state index in [1.54, 1.807) is 12.1 Å². The molecule has 0 spiro atoms. The fourth-order valence-electron chi connectivity index (χ4n) is 4.77. The number of aldehydes is 1. The van der Waals surface area contributed by atoms with Crippen LogP contribution in [0.15, 0.2) is 84.9 Å². The molecule has 0 aliphatic carbocycles. The van der Waals surface area contributed by atoms with Crippen molar-refractivity contribution < 1.29 is 14.0 Å². The van der Waals surface area contributed by atoms with Crippen molar-refractivity contribution >= 4 is 12.1 Å². The summed E-state index contributed by atoms with van der Waals surface area (Å²) in [6.07, 6.45) is 3.01. The zero-order valence-electron chi connectivity index (χ0n) is 18.4. The topological polar surface area (TPSA) is 60.2 Å². The highest BCUT2D eigenvalue weighted by Crippen LogP contribution is 2.49. The summed E-state index contributed by atoms with van der Waals surface area (Å²) >= 11 is 0. The maximum Gasteiger partial charge on any atom is 0.137 e. The zero-order valence-corrected chi connectivity index (χ0v) is 18.4. The third kappa shape index (κ3) is 5.03. The van der Waals surface area contributed by atoms with Gasteiger partial charge in [-0.1, -0.05) is 79.7 Å². The van der Waals surface area contributed by atoms with Crippen molar-refractivity contribution in [2.45, 2.75) is 50.0 Å². The van der Waals surface area contributed by atoms with E-state index in [1.165, 1.54) is 12.1 Å². The summed E-state index contributed by atoms with van der Waals surface area (Å²) < 4.78 is 13.8. The monoisotopic (exact) mass is 431 g/mol. The lowest BCUT2D eigenvalue weighted by atomic mass is 9.59. The summed E-state index contributed by atoms with van der Waals surface area (Å²) in [7, 11) is 0. The maximum atomic E-state index is 13.8. The summed E-state index contributed by atoms with van der Waals surface area (Å²) in [5.74, 6) is -0.578. The van der Waals surface area contributed by atoms with Crippen LogP contribution in [0.3, 0.4) is 0 Å². The van der Waals surface area contributed by atoms with Crippen LogP contribution in [0.2, 0.25) is 0 Å². The molecule has 0 saturated carbocycles. The fraction of sp³-hybridized carbons (Fsp3) is 0.286. The quantitative estimate of drug-likeness (QED) is 0.404. The maximum absolute atomic E-state index is 13.8. The number of halogens is 1. The first-order valence-electron chi connectivity index (χ1n) is 11.1. The predicted octanol–water partition coefficient (Wildman–Crippen LogP) is 5.57. The van der Waals surface area contributed by atoms with Crippen LogP contribution < -0.4 is 5.73 Å². The molecule has 3 nitrogen and oxygen atoms in total. The molecule has 0 radical (unpaired) electrons. The molecule has 0 fully saturated rings. The minimum Gasteiger partial charge on any atom is -0.321 e. The number of hydrogen-bond acceptors (Lipinski definition) is 3. The molecule has 3 rings (SSSR count). The van der Waals surface area contributed by atoms with Gasteiger partial charge in [-0.25, -0.2) is 4.39 Å². The molecule has 166 valence electrons. The summed E-state index contributed by atoms with van der Waals surface area (Å²) in [6.45, 7) is 1.87. The second kappa shape index (κ2) is 11.0. The summed E-state index contributed by atoms with van der Waals surface area (Å²) in [5.41, 5.74) is 8.63. The SMILES string of the molecule is CCC(=O)CCCC(c1ccccc1)(c1ccccc1)C(c1ccc(F)cc1)C(N)C=O. The first-order chi connectivity index (χ1) is 15.5. The third-order valence-corrected chi connectivity index (χ3v) is 6.30. The number of nitrogens with two attached hydrogens (primary N) is 1. The van der Waals surface area contributed by atoms with Crippen molar-refractivity contribution in [1.29, 1.82) is 0 Å². The van der Waals surface area contributed by atoms with E-state index in [0.29, 0.717) is 25.7 Å². The molecule has 0 saturated heterocycles. The van der Waals surface area contributed by atoms with Gasteiger partial charge >= 0.3 is 0 Å². The molecular weight excluding hydrogens is 401 g/mol. The Balaban J connectivity index is 2.27. The molecule has 2 N–H and O–H groups in total. The first-order valence-corrected chi connectivity index (χ1v) is 11.1. The number of benzene rings is 3. The standard InChI is InChI=1S/C28H30FNO2/c1-2-25(32)14-9-19-28(22-10-5-3-6-11-22,23-12-7-4-8-13-23)27(26(30)20-31)21-15-17-24(29)18-16-21/h3-8,10-13,15-18,20,26-27H,2,9,14,19,30H2,1H3. The van der Waals surface area contributed by atoms with Gasteiger partial charge in [0, 0.05) is 24.2 Å². The highest BCUT2D eigenvalue weighted by molar-refractivity contribution is 5.78. The first kappa shape index (κ1) is 23.6. The van der Waals surface area contributed by atoms with E-state index in [9.17, 15) is 14.0 Å². The summed E-state index contributed by atoms with van der Waals surface area (Å²) in [6, 6.07) is 25.4. The van der Waals surface area contributed by atoms with Crippen LogP contribution in [0.5, 0.6) is 0 Å². The molecule has 0 bridgehead atoms. The third-order valence-electron chi connectivity index (χ3n) is 6.30. The molecule has 2 atom stereocenters. The Morgan fingerprint density at radius 3 is 1.94 bits per heavy atom. The molecule has 3 aromatic rings. The highest BCUT2D eigenvalue weighted by atomic mass is 19.1. The molecule has 2 unspecified atom stereocenters. The second-order valence-electron chi connectivity index (χ2n) is 8.19. The van der Waals surface area contributed by atoms with Gasteiger partial charge in [0.25, 0.3) is 0 Å². The molecule has 0 heterocycles. The average molecular weight is 432 g/mol. The lowest BCUT2D eigenvalue weighted by molar-refractivity contribution is -0.119. The van der Waals surface area contributed by atoms with E-state index in [1.807, 2.05) is 67.6 Å². The van der Waals surface area contributed by atoms with Crippen LogP contribution in [-0.2, 0) is 15.0 Å². The Labute approximate surface area is 189 Å². The van der Waals surface area contributed by atoms with Crippen LogP contribution in [0.25, 0.3) is 0 Å². The second-order valence-corrected chi connectivity index (χ2v) is 8.19. The van der Waals surface area contributed by atoms with Crippen molar-refractivity contribution in [3.63, 3.8) is 0 Å². The normalized spacial score (nSPS) is 13.3. The average Bonchev–Trinajstić information content (AvgIpc) is 2.85. The van der Waals surface area contributed by atoms with Gasteiger partial charge in [0.2, 0.25) is 0 Å². The summed E-state index contributed by atoms with van der Waals surface area (Å²) in [5, 5.41) is 0. The van der Waals surface area contributed by atoms with Gasteiger partial charge in [0.15, 0.2) is 0 Å². The minimum absolute atomic E-state index is 0.207. The van der Waals surface area contributed by atoms with Crippen LogP contribution in [0.1, 0.15) is 55.2 Å². The van der Waals surface area contributed by atoms with E-state index in [-0.39, 0.29) is 11.6 Å². The Bertz CT molecular complexity index is 963. The predicted molar refractivity (Wildman–Crippen MR) is 126 cm³/mol. The van der Waals surface area contributed by atoms with Gasteiger partial charge < -0.3 is 10.5 Å². The van der Waals surface area contributed by atoms with E-state index in [4.69, 9.17) is 5.73 Å². The Morgan fingerprint density at radius 2 is 1.47 bits per heavy atom. The summed E-state index contributed by atoms with van der Waals surface area (Å²) in [4.78, 5) is 24.2. The van der Waals surface area contributed by atoms with Gasteiger partial charge in [-0.05, 0) is 41.7 Å². The van der Waals surface area contributed by atoms with Crippen molar-refractivity contribution in [3.8, 4) is 0 Å². The number of carbonyl (C=O) groups excluding carboxylic acids is 2. The van der Waals surface area contributed by atoms with Crippen molar-refractivity contribution in [2.24, 2.45) is 5.73 Å². The molecule has 0 amide bonds. The number of hydrogen-bond donors (Lipinski definition) is 1. The number of ketones is 1. The lowest BCUT2D eigenvalue weighted by Gasteiger charge is -2.44. The van der Waals surface area contributed by atoms with Crippen LogP contribution in [0.4, 0.5) is 4.39 Å². The van der Waals surface area contributed by atoms with Crippen molar-refractivity contribution in [2.75, 3.05) is 0 Å². The van der Waals surface area contributed by atoms with Gasteiger partial charge in [-0.2, -0.15) is 0 Å². The molecule has 0 aliphatic heterocycles. The van der Waals surface area contributed by atoms with Gasteiger partial charge in [-0.3, -0.25) is 4.79 Å². The zero-order chi connectivity index (χ0) is 23.0.